The number of aromatic nitrogens is 3. The number of carbonyl (C=O) groups is 2. The van der Waals surface area contributed by atoms with Gasteiger partial charge in [-0.25, -0.2) is 9.48 Å². The molecule has 0 saturated carbocycles. The van der Waals surface area contributed by atoms with E-state index in [-0.39, 0.29) is 18.0 Å². The maximum atomic E-state index is 12.6. The Kier molecular flexibility index (Phi) is 6.51. The second-order valence-electron chi connectivity index (χ2n) is 7.34. The lowest BCUT2D eigenvalue weighted by atomic mass is 9.98. The minimum Gasteiger partial charge on any atom is -0.348 e. The molecule has 0 bridgehead atoms. The van der Waals surface area contributed by atoms with Crippen molar-refractivity contribution in [1.82, 2.24) is 30.5 Å². The van der Waals surface area contributed by atoms with Crippen molar-refractivity contribution in [2.75, 3.05) is 13.1 Å². The Balaban J connectivity index is 1.86. The predicted octanol–water partition coefficient (Wildman–Crippen LogP) is 2.58. The third-order valence-corrected chi connectivity index (χ3v) is 5.52. The van der Waals surface area contributed by atoms with Crippen molar-refractivity contribution in [3.63, 3.8) is 0 Å². The molecule has 1 aliphatic rings. The first-order valence-corrected chi connectivity index (χ1v) is 10.4. The second kappa shape index (κ2) is 9.07. The number of nitrogens with zero attached hydrogens (tertiary/aromatic N) is 4. The van der Waals surface area contributed by atoms with Crippen LogP contribution in [0.25, 0.3) is 5.69 Å². The number of nitrogens with one attached hydrogen (secondary N) is 2. The lowest BCUT2D eigenvalue weighted by molar-refractivity contribution is 0.0929. The van der Waals surface area contributed by atoms with Crippen molar-refractivity contribution in [1.29, 1.82) is 0 Å². The van der Waals surface area contributed by atoms with Gasteiger partial charge in [-0.05, 0) is 50.3 Å². The molecule has 3 rings (SSSR count). The van der Waals surface area contributed by atoms with Crippen LogP contribution < -0.4 is 10.6 Å². The largest absolute Gasteiger partial charge is 0.348 e. The normalized spacial score (nSPS) is 13.3. The molecule has 8 nitrogen and oxygen atoms in total. The van der Waals surface area contributed by atoms with E-state index >= 15 is 0 Å². The summed E-state index contributed by atoms with van der Waals surface area (Å²) in [5, 5.41) is 14.3. The van der Waals surface area contributed by atoms with Gasteiger partial charge in [0, 0.05) is 25.7 Å². The van der Waals surface area contributed by atoms with Gasteiger partial charge < -0.3 is 15.5 Å². The zero-order valence-electron chi connectivity index (χ0n) is 17.7. The summed E-state index contributed by atoms with van der Waals surface area (Å²) in [5.74, 6) is -0.185. The van der Waals surface area contributed by atoms with Crippen LogP contribution in [0.4, 0.5) is 4.79 Å². The van der Waals surface area contributed by atoms with Gasteiger partial charge in [-0.1, -0.05) is 31.2 Å². The molecular formula is C21H30N6O2. The van der Waals surface area contributed by atoms with Gasteiger partial charge >= 0.3 is 6.03 Å². The molecule has 29 heavy (non-hydrogen) atoms. The first-order chi connectivity index (χ1) is 14.0. The molecular weight excluding hydrogens is 368 g/mol. The summed E-state index contributed by atoms with van der Waals surface area (Å²) in [4.78, 5) is 26.6. The number of hydrogen-bond acceptors (Lipinski definition) is 4. The molecule has 8 heteroatoms. The van der Waals surface area contributed by atoms with Crippen LogP contribution in [0.2, 0.25) is 0 Å². The van der Waals surface area contributed by atoms with Gasteiger partial charge in [0.25, 0.3) is 5.91 Å². The van der Waals surface area contributed by atoms with Crippen LogP contribution in [0.5, 0.6) is 0 Å². The summed E-state index contributed by atoms with van der Waals surface area (Å²) >= 11 is 0. The Morgan fingerprint density at radius 1 is 1.21 bits per heavy atom. The first-order valence-electron chi connectivity index (χ1n) is 10.4. The summed E-state index contributed by atoms with van der Waals surface area (Å²) in [7, 11) is 0. The van der Waals surface area contributed by atoms with E-state index < -0.39 is 0 Å². The average molecular weight is 399 g/mol. The Morgan fingerprint density at radius 3 is 2.66 bits per heavy atom. The summed E-state index contributed by atoms with van der Waals surface area (Å²) in [6.45, 7) is 9.71. The van der Waals surface area contributed by atoms with Crippen LogP contribution in [0, 0.1) is 6.92 Å². The van der Waals surface area contributed by atoms with E-state index in [0.29, 0.717) is 31.0 Å². The number of benzene rings is 1. The zero-order chi connectivity index (χ0) is 21.0. The maximum Gasteiger partial charge on any atom is 0.317 e. The topological polar surface area (TPSA) is 92.2 Å². The molecule has 0 atom stereocenters. The van der Waals surface area contributed by atoms with Crippen molar-refractivity contribution in [3.05, 3.63) is 40.7 Å². The third-order valence-electron chi connectivity index (χ3n) is 5.52. The summed E-state index contributed by atoms with van der Waals surface area (Å²) < 4.78 is 1.74. The number of fused-ring (bicyclic) bond motifs is 1. The Morgan fingerprint density at radius 2 is 1.97 bits per heavy atom. The third kappa shape index (κ3) is 4.26. The highest BCUT2D eigenvalue weighted by molar-refractivity contribution is 5.93. The van der Waals surface area contributed by atoms with E-state index in [1.807, 2.05) is 36.9 Å². The molecule has 0 saturated heterocycles. The maximum absolute atomic E-state index is 12.6. The quantitative estimate of drug-likeness (QED) is 0.782. The highest BCUT2D eigenvalue weighted by Gasteiger charge is 2.25. The zero-order valence-corrected chi connectivity index (χ0v) is 17.7. The van der Waals surface area contributed by atoms with Gasteiger partial charge in [0.05, 0.1) is 11.4 Å². The molecule has 2 aromatic rings. The van der Waals surface area contributed by atoms with E-state index in [9.17, 15) is 9.59 Å². The van der Waals surface area contributed by atoms with E-state index in [1.54, 1.807) is 4.68 Å². The Labute approximate surface area is 171 Å². The van der Waals surface area contributed by atoms with E-state index in [0.717, 1.165) is 36.1 Å². The molecule has 1 aromatic carbocycles. The van der Waals surface area contributed by atoms with Crippen LogP contribution in [-0.2, 0) is 13.0 Å². The molecule has 0 fully saturated rings. The molecule has 3 amide bonds. The smallest absolute Gasteiger partial charge is 0.317 e. The van der Waals surface area contributed by atoms with E-state index in [1.165, 1.54) is 0 Å². The molecule has 0 radical (unpaired) electrons. The molecule has 1 aliphatic heterocycles. The monoisotopic (exact) mass is 398 g/mol. The minimum absolute atomic E-state index is 0.0409. The van der Waals surface area contributed by atoms with Crippen molar-refractivity contribution in [2.24, 2.45) is 0 Å². The Hall–Kier alpha value is -2.90. The molecule has 156 valence electrons. The summed E-state index contributed by atoms with van der Waals surface area (Å²) in [5.41, 5.74) is 4.23. The fourth-order valence-corrected chi connectivity index (χ4v) is 3.74. The molecule has 0 spiro atoms. The first kappa shape index (κ1) is 20.8. The van der Waals surface area contributed by atoms with Gasteiger partial charge in [0.1, 0.15) is 0 Å². The van der Waals surface area contributed by atoms with Crippen molar-refractivity contribution >= 4 is 11.9 Å². The van der Waals surface area contributed by atoms with Gasteiger partial charge in [-0.3, -0.25) is 4.79 Å². The van der Waals surface area contributed by atoms with Crippen molar-refractivity contribution in [3.8, 4) is 5.69 Å². The fourth-order valence-electron chi connectivity index (χ4n) is 3.74. The van der Waals surface area contributed by atoms with Crippen LogP contribution in [0.15, 0.2) is 18.2 Å². The van der Waals surface area contributed by atoms with E-state index in [4.69, 9.17) is 0 Å². The minimum atomic E-state index is -0.185. The molecule has 2 heterocycles. The second-order valence-corrected chi connectivity index (χ2v) is 7.34. The number of urea groups is 1. The molecule has 2 N–H and O–H groups in total. The lowest BCUT2D eigenvalue weighted by Gasteiger charge is -2.30. The molecule has 0 aliphatic carbocycles. The van der Waals surface area contributed by atoms with E-state index in [2.05, 4.69) is 34.8 Å². The molecule has 0 unspecified atom stereocenters. The van der Waals surface area contributed by atoms with Crippen molar-refractivity contribution < 1.29 is 9.59 Å². The predicted molar refractivity (Wildman–Crippen MR) is 111 cm³/mol. The van der Waals surface area contributed by atoms with Gasteiger partial charge in [-0.2, -0.15) is 0 Å². The van der Waals surface area contributed by atoms with Gasteiger partial charge in [0.2, 0.25) is 0 Å². The number of rotatable bonds is 6. The standard InChI is InChI=1S/C21H30N6O2/c1-5-16(6-2)23-20(28)19-14(4)27(25-24-19)18-10-8-9-15-13-26(12-11-17(15)18)21(29)22-7-3/h8-10,16H,5-7,11-13H2,1-4H3,(H,22,29)(H,23,28). The van der Waals surface area contributed by atoms with Crippen LogP contribution in [0.1, 0.15) is 60.9 Å². The average Bonchev–Trinajstić information content (AvgIpc) is 3.12. The number of amides is 3. The highest BCUT2D eigenvalue weighted by Crippen LogP contribution is 2.26. The van der Waals surface area contributed by atoms with Crippen LogP contribution in [0.3, 0.4) is 0 Å². The summed E-state index contributed by atoms with van der Waals surface area (Å²) in [6.07, 6.45) is 2.49. The van der Waals surface area contributed by atoms with Gasteiger partial charge in [-0.15, -0.1) is 5.10 Å². The SMILES string of the molecule is CCNC(=O)N1CCc2c(cccc2-n2nnc(C(=O)NC(CC)CC)c2C)C1. The fraction of sp³-hybridized carbons (Fsp3) is 0.524. The lowest BCUT2D eigenvalue weighted by Crippen LogP contribution is -2.42. The number of carbonyl (C=O) groups excluding carboxylic acids is 2. The molecule has 1 aromatic heterocycles. The van der Waals surface area contributed by atoms with Crippen LogP contribution >= 0.6 is 0 Å². The summed E-state index contributed by atoms with van der Waals surface area (Å²) in [6, 6.07) is 6.08. The van der Waals surface area contributed by atoms with Crippen LogP contribution in [-0.4, -0.2) is 51.0 Å². The number of hydrogen-bond donors (Lipinski definition) is 2. The van der Waals surface area contributed by atoms with Gasteiger partial charge in [0.15, 0.2) is 5.69 Å². The highest BCUT2D eigenvalue weighted by atomic mass is 16.2. The Bertz CT molecular complexity index is 887. The van der Waals surface area contributed by atoms with Crippen molar-refractivity contribution in [2.45, 2.75) is 59.5 Å².